The quantitative estimate of drug-likeness (QED) is 0.906. The van der Waals surface area contributed by atoms with Gasteiger partial charge in [-0.1, -0.05) is 48.5 Å². The predicted molar refractivity (Wildman–Crippen MR) is 79.2 cm³/mol. The molecule has 0 spiro atoms. The van der Waals surface area contributed by atoms with Crippen LogP contribution in [-0.2, 0) is 12.7 Å². The summed E-state index contributed by atoms with van der Waals surface area (Å²) in [5.74, 6) is 0. The molecule has 0 bridgehead atoms. The van der Waals surface area contributed by atoms with Crippen molar-refractivity contribution in [2.24, 2.45) is 0 Å². The van der Waals surface area contributed by atoms with Gasteiger partial charge in [-0.15, -0.1) is 0 Å². The predicted octanol–water partition coefficient (Wildman–Crippen LogP) is 3.87. The van der Waals surface area contributed by atoms with Gasteiger partial charge in [0.05, 0.1) is 11.7 Å². The highest BCUT2D eigenvalue weighted by Gasteiger charge is 2.30. The summed E-state index contributed by atoms with van der Waals surface area (Å²) in [6.45, 7) is 0.689. The van der Waals surface area contributed by atoms with Crippen LogP contribution in [-0.4, -0.2) is 23.6 Å². The Morgan fingerprint density at radius 3 is 2.36 bits per heavy atom. The zero-order valence-corrected chi connectivity index (χ0v) is 12.2. The van der Waals surface area contributed by atoms with Crippen molar-refractivity contribution in [2.75, 3.05) is 13.6 Å². The number of alkyl halides is 3. The molecule has 0 aliphatic rings. The first-order valence-electron chi connectivity index (χ1n) is 6.94. The summed E-state index contributed by atoms with van der Waals surface area (Å²) in [5, 5.41) is 10.1. The normalized spacial score (nSPS) is 13.4. The smallest absolute Gasteiger partial charge is 0.387 e. The van der Waals surface area contributed by atoms with Crippen LogP contribution in [0.25, 0.3) is 0 Å². The van der Waals surface area contributed by atoms with Crippen molar-refractivity contribution in [3.8, 4) is 0 Å². The lowest BCUT2D eigenvalue weighted by Crippen LogP contribution is -2.24. The zero-order chi connectivity index (χ0) is 16.2. The van der Waals surface area contributed by atoms with E-state index in [4.69, 9.17) is 0 Å². The fraction of sp³-hybridized carbons (Fsp3) is 0.294. The summed E-state index contributed by atoms with van der Waals surface area (Å²) in [6, 6.07) is 14.4. The Morgan fingerprint density at radius 2 is 1.73 bits per heavy atom. The van der Waals surface area contributed by atoms with E-state index in [1.807, 2.05) is 30.3 Å². The Hall–Kier alpha value is -1.85. The summed E-state index contributed by atoms with van der Waals surface area (Å²) in [7, 11) is 1.77. The van der Waals surface area contributed by atoms with Gasteiger partial charge < -0.3 is 5.11 Å². The number of hydrogen-bond acceptors (Lipinski definition) is 2. The number of halogens is 3. The maximum atomic E-state index is 12.7. The minimum Gasteiger partial charge on any atom is -0.387 e. The summed E-state index contributed by atoms with van der Waals surface area (Å²) < 4.78 is 38.0. The van der Waals surface area contributed by atoms with Gasteiger partial charge in [-0.2, -0.15) is 13.2 Å². The number of nitrogens with zero attached hydrogens (tertiary/aromatic N) is 1. The topological polar surface area (TPSA) is 23.5 Å². The molecular formula is C17H18F3NO. The van der Waals surface area contributed by atoms with Crippen molar-refractivity contribution in [3.63, 3.8) is 0 Å². The van der Waals surface area contributed by atoms with Gasteiger partial charge in [0.1, 0.15) is 0 Å². The van der Waals surface area contributed by atoms with Gasteiger partial charge >= 0.3 is 6.18 Å². The number of aliphatic hydroxyl groups is 1. The van der Waals surface area contributed by atoms with E-state index in [1.54, 1.807) is 18.0 Å². The molecule has 0 saturated heterocycles. The van der Waals surface area contributed by atoms with Crippen LogP contribution in [0, 0.1) is 0 Å². The van der Waals surface area contributed by atoms with E-state index in [-0.39, 0.29) is 0 Å². The van der Waals surface area contributed by atoms with E-state index >= 15 is 0 Å². The molecule has 0 fully saturated rings. The van der Waals surface area contributed by atoms with E-state index in [0.29, 0.717) is 18.7 Å². The molecule has 0 unspecified atom stereocenters. The van der Waals surface area contributed by atoms with Crippen molar-refractivity contribution in [1.29, 1.82) is 0 Å². The lowest BCUT2D eigenvalue weighted by molar-refractivity contribution is -0.137. The highest BCUT2D eigenvalue weighted by Crippen LogP contribution is 2.29. The second-order valence-electron chi connectivity index (χ2n) is 5.32. The van der Waals surface area contributed by atoms with Crippen LogP contribution in [0.15, 0.2) is 54.6 Å². The van der Waals surface area contributed by atoms with Crippen LogP contribution in [0.5, 0.6) is 0 Å². The largest absolute Gasteiger partial charge is 0.416 e. The molecule has 118 valence electrons. The second kappa shape index (κ2) is 6.94. The van der Waals surface area contributed by atoms with Gasteiger partial charge in [-0.25, -0.2) is 0 Å². The van der Waals surface area contributed by atoms with E-state index in [9.17, 15) is 18.3 Å². The van der Waals surface area contributed by atoms with Crippen LogP contribution in [0.3, 0.4) is 0 Å². The first-order valence-corrected chi connectivity index (χ1v) is 6.94. The molecule has 2 aromatic carbocycles. The van der Waals surface area contributed by atoms with Crippen LogP contribution in [0.2, 0.25) is 0 Å². The molecule has 1 atom stereocenters. The molecule has 22 heavy (non-hydrogen) atoms. The molecule has 2 aromatic rings. The summed E-state index contributed by atoms with van der Waals surface area (Å²) >= 11 is 0. The number of rotatable bonds is 5. The Kier molecular flexibility index (Phi) is 5.21. The van der Waals surface area contributed by atoms with E-state index < -0.39 is 17.8 Å². The molecular weight excluding hydrogens is 291 g/mol. The van der Waals surface area contributed by atoms with Gasteiger partial charge in [-0.3, -0.25) is 4.90 Å². The van der Waals surface area contributed by atoms with Crippen molar-refractivity contribution in [2.45, 2.75) is 18.8 Å². The highest BCUT2D eigenvalue weighted by molar-refractivity contribution is 5.25. The summed E-state index contributed by atoms with van der Waals surface area (Å²) in [5.41, 5.74) is 0.706. The van der Waals surface area contributed by atoms with E-state index in [1.165, 1.54) is 6.07 Å². The third-order valence-corrected chi connectivity index (χ3v) is 3.38. The fourth-order valence-corrected chi connectivity index (χ4v) is 2.30. The summed E-state index contributed by atoms with van der Waals surface area (Å²) in [4.78, 5) is 1.80. The molecule has 2 nitrogen and oxygen atoms in total. The molecule has 0 amide bonds. The molecule has 0 radical (unpaired) electrons. The maximum Gasteiger partial charge on any atom is 0.416 e. The Bertz CT molecular complexity index is 598. The van der Waals surface area contributed by atoms with Gasteiger partial charge in [0.25, 0.3) is 0 Å². The molecule has 0 aromatic heterocycles. The van der Waals surface area contributed by atoms with Gasteiger partial charge in [0.2, 0.25) is 0 Å². The number of aliphatic hydroxyl groups excluding tert-OH is 1. The third kappa shape index (κ3) is 4.58. The van der Waals surface area contributed by atoms with Crippen molar-refractivity contribution < 1.29 is 18.3 Å². The Labute approximate surface area is 127 Å². The lowest BCUT2D eigenvalue weighted by atomic mass is 10.1. The average Bonchev–Trinajstić information content (AvgIpc) is 2.47. The Morgan fingerprint density at radius 1 is 1.05 bits per heavy atom. The van der Waals surface area contributed by atoms with Crippen LogP contribution < -0.4 is 0 Å². The van der Waals surface area contributed by atoms with E-state index in [2.05, 4.69) is 0 Å². The Balaban J connectivity index is 1.99. The van der Waals surface area contributed by atoms with Crippen LogP contribution >= 0.6 is 0 Å². The van der Waals surface area contributed by atoms with Crippen LogP contribution in [0.1, 0.15) is 22.8 Å². The summed E-state index contributed by atoms with van der Waals surface area (Å²) in [6.07, 6.45) is -5.00. The van der Waals surface area contributed by atoms with Gasteiger partial charge in [0, 0.05) is 13.1 Å². The first kappa shape index (κ1) is 16.5. The van der Waals surface area contributed by atoms with Gasteiger partial charge in [-0.05, 0) is 24.2 Å². The zero-order valence-electron chi connectivity index (χ0n) is 12.2. The van der Waals surface area contributed by atoms with Crippen LogP contribution in [0.4, 0.5) is 13.2 Å². The maximum absolute atomic E-state index is 12.7. The number of likely N-dealkylation sites (N-methyl/N-ethyl adjacent to an activating group) is 1. The molecule has 0 aliphatic carbocycles. The SMILES string of the molecule is CN(Cc1cccc(C(F)(F)F)c1)C[C@@H](O)c1ccccc1. The molecule has 1 N–H and O–H groups in total. The first-order chi connectivity index (χ1) is 10.4. The van der Waals surface area contributed by atoms with Gasteiger partial charge in [0.15, 0.2) is 0 Å². The van der Waals surface area contributed by atoms with Crippen molar-refractivity contribution in [1.82, 2.24) is 4.90 Å². The lowest BCUT2D eigenvalue weighted by Gasteiger charge is -2.21. The molecule has 5 heteroatoms. The monoisotopic (exact) mass is 309 g/mol. The minimum absolute atomic E-state index is 0.341. The average molecular weight is 309 g/mol. The minimum atomic E-state index is -4.34. The van der Waals surface area contributed by atoms with Crippen molar-refractivity contribution in [3.05, 3.63) is 71.3 Å². The van der Waals surface area contributed by atoms with E-state index in [0.717, 1.165) is 17.7 Å². The number of benzene rings is 2. The fourth-order valence-electron chi connectivity index (χ4n) is 2.30. The standard InChI is InChI=1S/C17H18F3NO/c1-21(12-16(22)14-7-3-2-4-8-14)11-13-6-5-9-15(10-13)17(18,19)20/h2-10,16,22H,11-12H2,1H3/t16-/m1/s1. The molecule has 0 heterocycles. The molecule has 2 rings (SSSR count). The third-order valence-electron chi connectivity index (χ3n) is 3.38. The molecule has 0 aliphatic heterocycles. The molecule has 0 saturated carbocycles. The second-order valence-corrected chi connectivity index (χ2v) is 5.32. The van der Waals surface area contributed by atoms with Crippen molar-refractivity contribution >= 4 is 0 Å². The number of hydrogen-bond donors (Lipinski definition) is 1. The highest BCUT2D eigenvalue weighted by atomic mass is 19.4.